The maximum Gasteiger partial charge on any atom is 0.416 e. The number of hydrogen-bond acceptors (Lipinski definition) is 1. The lowest BCUT2D eigenvalue weighted by Gasteiger charge is -2.13. The number of aldehydes is 1. The van der Waals surface area contributed by atoms with Crippen molar-refractivity contribution in [2.75, 3.05) is 0 Å². The second-order valence-electron chi connectivity index (χ2n) is 4.87. The summed E-state index contributed by atoms with van der Waals surface area (Å²) < 4.78 is 76.8. The van der Waals surface area contributed by atoms with E-state index in [1.807, 2.05) is 0 Å². The van der Waals surface area contributed by atoms with Crippen molar-refractivity contribution in [3.8, 4) is 0 Å². The molecule has 7 heteroatoms. The van der Waals surface area contributed by atoms with Crippen molar-refractivity contribution in [3.05, 3.63) is 76.9 Å². The van der Waals surface area contributed by atoms with Gasteiger partial charge in [0.2, 0.25) is 0 Å². The van der Waals surface area contributed by atoms with Crippen LogP contribution in [0.5, 0.6) is 0 Å². The first-order valence-electron chi connectivity index (χ1n) is 6.63. The zero-order chi connectivity index (χ0) is 18.0. The third-order valence-corrected chi connectivity index (χ3v) is 3.24. The lowest BCUT2D eigenvalue weighted by Crippen LogP contribution is -2.06. The monoisotopic (exact) mass is 344 g/mol. The van der Waals surface area contributed by atoms with Gasteiger partial charge in [0.1, 0.15) is 6.29 Å². The van der Waals surface area contributed by atoms with Crippen molar-refractivity contribution in [2.24, 2.45) is 0 Å². The smallest absolute Gasteiger partial charge is 0.299 e. The van der Waals surface area contributed by atoms with Gasteiger partial charge >= 0.3 is 12.4 Å². The van der Waals surface area contributed by atoms with E-state index in [2.05, 4.69) is 0 Å². The van der Waals surface area contributed by atoms with Crippen LogP contribution in [0.3, 0.4) is 0 Å². The molecule has 1 nitrogen and oxygen atoms in total. The lowest BCUT2D eigenvalue weighted by atomic mass is 9.95. The Kier molecular flexibility index (Phi) is 4.82. The van der Waals surface area contributed by atoms with E-state index in [4.69, 9.17) is 0 Å². The van der Waals surface area contributed by atoms with Gasteiger partial charge in [0.15, 0.2) is 0 Å². The quantitative estimate of drug-likeness (QED) is 0.416. The van der Waals surface area contributed by atoms with Crippen molar-refractivity contribution in [2.45, 2.75) is 12.4 Å². The highest BCUT2D eigenvalue weighted by Crippen LogP contribution is 2.35. The molecule has 0 heterocycles. The third-order valence-electron chi connectivity index (χ3n) is 3.24. The number of allylic oxidation sites excluding steroid dienone is 1. The van der Waals surface area contributed by atoms with Crippen LogP contribution in [0.4, 0.5) is 26.3 Å². The molecule has 0 aliphatic carbocycles. The lowest BCUT2D eigenvalue weighted by molar-refractivity contribution is -0.138. The highest BCUT2D eigenvalue weighted by Gasteiger charge is 2.32. The molecule has 0 N–H and O–H groups in total. The van der Waals surface area contributed by atoms with Gasteiger partial charge in [-0.1, -0.05) is 24.3 Å². The molecule has 24 heavy (non-hydrogen) atoms. The molecule has 2 aromatic carbocycles. The van der Waals surface area contributed by atoms with Gasteiger partial charge in [0.25, 0.3) is 0 Å². The van der Waals surface area contributed by atoms with E-state index in [1.54, 1.807) is 0 Å². The van der Waals surface area contributed by atoms with Crippen LogP contribution in [0.25, 0.3) is 5.57 Å². The molecule has 0 fully saturated rings. The number of alkyl halides is 6. The Morgan fingerprint density at radius 2 is 1.17 bits per heavy atom. The number of carbonyl (C=O) groups excluding carboxylic acids is 1. The highest BCUT2D eigenvalue weighted by molar-refractivity contribution is 5.89. The highest BCUT2D eigenvalue weighted by atomic mass is 19.4. The van der Waals surface area contributed by atoms with Gasteiger partial charge < -0.3 is 0 Å². The molecule has 0 aromatic heterocycles. The normalized spacial score (nSPS) is 11.9. The molecule has 0 amide bonds. The van der Waals surface area contributed by atoms with Gasteiger partial charge in [-0.25, -0.2) is 0 Å². The minimum Gasteiger partial charge on any atom is -0.299 e. The van der Waals surface area contributed by atoms with Crippen molar-refractivity contribution < 1.29 is 31.1 Å². The summed E-state index contributed by atoms with van der Waals surface area (Å²) in [4.78, 5) is 10.8. The minimum absolute atomic E-state index is 0.00347. The molecular formula is C17H10F6O. The van der Waals surface area contributed by atoms with Crippen LogP contribution in [0.1, 0.15) is 22.3 Å². The Balaban J connectivity index is 2.57. The Bertz CT molecular complexity index is 712. The summed E-state index contributed by atoms with van der Waals surface area (Å²) in [6, 6.07) is 8.11. The molecular weight excluding hydrogens is 334 g/mol. The Hall–Kier alpha value is -2.57. The maximum absolute atomic E-state index is 12.8. The average molecular weight is 344 g/mol. The molecule has 2 rings (SSSR count). The summed E-state index contributed by atoms with van der Waals surface area (Å²) in [6.45, 7) is 0. The fourth-order valence-electron chi connectivity index (χ4n) is 2.15. The van der Waals surface area contributed by atoms with Gasteiger partial charge in [0, 0.05) is 0 Å². The van der Waals surface area contributed by atoms with E-state index in [0.717, 1.165) is 42.5 Å². The summed E-state index contributed by atoms with van der Waals surface area (Å²) in [6.07, 6.45) is -7.95. The van der Waals surface area contributed by atoms with Crippen molar-refractivity contribution in [3.63, 3.8) is 0 Å². The van der Waals surface area contributed by atoms with E-state index in [9.17, 15) is 31.1 Å². The van der Waals surface area contributed by atoms with E-state index in [0.29, 0.717) is 6.29 Å². The second kappa shape index (κ2) is 6.51. The molecule has 0 unspecified atom stereocenters. The largest absolute Gasteiger partial charge is 0.416 e. The Morgan fingerprint density at radius 1 is 0.750 bits per heavy atom. The van der Waals surface area contributed by atoms with E-state index >= 15 is 0 Å². The van der Waals surface area contributed by atoms with Crippen LogP contribution < -0.4 is 0 Å². The zero-order valence-electron chi connectivity index (χ0n) is 11.9. The second-order valence-corrected chi connectivity index (χ2v) is 4.87. The van der Waals surface area contributed by atoms with Crippen LogP contribution in [0.2, 0.25) is 0 Å². The van der Waals surface area contributed by atoms with Gasteiger partial charge in [-0.3, -0.25) is 4.79 Å². The van der Waals surface area contributed by atoms with E-state index < -0.39 is 23.5 Å². The molecule has 0 radical (unpaired) electrons. The van der Waals surface area contributed by atoms with Crippen molar-refractivity contribution >= 4 is 11.9 Å². The van der Waals surface area contributed by atoms with Crippen LogP contribution in [0.15, 0.2) is 54.6 Å². The standard InChI is InChI=1S/C17H10F6O/c18-16(19,20)13-5-1-3-11(9-13)15(7-8-24)12-4-2-6-14(10-12)17(21,22)23/h1-10H. The molecule has 0 aliphatic heterocycles. The van der Waals surface area contributed by atoms with Crippen LogP contribution in [-0.2, 0) is 17.1 Å². The molecule has 0 spiro atoms. The van der Waals surface area contributed by atoms with E-state index in [-0.39, 0.29) is 16.7 Å². The molecule has 2 aromatic rings. The fraction of sp³-hybridized carbons (Fsp3) is 0.118. The zero-order valence-corrected chi connectivity index (χ0v) is 11.9. The average Bonchev–Trinajstić information content (AvgIpc) is 2.51. The number of rotatable bonds is 3. The molecule has 0 saturated heterocycles. The van der Waals surface area contributed by atoms with Crippen LogP contribution in [-0.4, -0.2) is 6.29 Å². The first-order chi connectivity index (χ1) is 11.1. The summed E-state index contributed by atoms with van der Waals surface area (Å²) in [5.41, 5.74) is -1.94. The molecule has 0 atom stereocenters. The van der Waals surface area contributed by atoms with E-state index in [1.165, 1.54) is 12.1 Å². The summed E-state index contributed by atoms with van der Waals surface area (Å²) in [5.74, 6) is 0. The van der Waals surface area contributed by atoms with Crippen LogP contribution in [0, 0.1) is 0 Å². The Morgan fingerprint density at radius 3 is 1.50 bits per heavy atom. The van der Waals surface area contributed by atoms with Gasteiger partial charge in [-0.15, -0.1) is 0 Å². The van der Waals surface area contributed by atoms with Gasteiger partial charge in [0.05, 0.1) is 11.1 Å². The summed E-state index contributed by atoms with van der Waals surface area (Å²) >= 11 is 0. The SMILES string of the molecule is O=CC=C(c1cccc(C(F)(F)F)c1)c1cccc(C(F)(F)F)c1. The number of benzene rings is 2. The van der Waals surface area contributed by atoms with Gasteiger partial charge in [-0.2, -0.15) is 26.3 Å². The molecule has 126 valence electrons. The van der Waals surface area contributed by atoms with Crippen molar-refractivity contribution in [1.29, 1.82) is 0 Å². The fourth-order valence-corrected chi connectivity index (χ4v) is 2.15. The predicted molar refractivity (Wildman–Crippen MR) is 76.0 cm³/mol. The molecule has 0 saturated carbocycles. The summed E-state index contributed by atoms with van der Waals surface area (Å²) in [7, 11) is 0. The first kappa shape index (κ1) is 17.8. The molecule has 0 bridgehead atoms. The first-order valence-corrected chi connectivity index (χ1v) is 6.63. The minimum atomic E-state index is -4.60. The number of carbonyl (C=O) groups is 1. The number of hydrogen-bond donors (Lipinski definition) is 0. The predicted octanol–water partition coefficient (Wildman–Crippen LogP) is 5.35. The Labute approximate surface area is 133 Å². The topological polar surface area (TPSA) is 17.1 Å². The van der Waals surface area contributed by atoms with Crippen LogP contribution >= 0.6 is 0 Å². The molecule has 0 aliphatic rings. The maximum atomic E-state index is 12.8. The van der Waals surface area contributed by atoms with Gasteiger partial charge in [-0.05, 0) is 47.0 Å². The summed E-state index contributed by atoms with van der Waals surface area (Å²) in [5, 5.41) is 0. The van der Waals surface area contributed by atoms with Crippen molar-refractivity contribution in [1.82, 2.24) is 0 Å². The number of halogens is 6. The third kappa shape index (κ3) is 4.04.